The summed E-state index contributed by atoms with van der Waals surface area (Å²) in [7, 11) is 0. The van der Waals surface area contributed by atoms with E-state index in [1.54, 1.807) is 12.1 Å². The summed E-state index contributed by atoms with van der Waals surface area (Å²) >= 11 is 0. The number of anilines is 1. The molecule has 0 aliphatic rings. The molecule has 0 radical (unpaired) electrons. The average Bonchev–Trinajstić information content (AvgIpc) is 2.47. The molecule has 1 aromatic heterocycles. The van der Waals surface area contributed by atoms with Crippen LogP contribution < -0.4 is 15.8 Å². The molecule has 3 N–H and O–H groups in total. The summed E-state index contributed by atoms with van der Waals surface area (Å²) in [5, 5.41) is 2.70. The molecule has 0 bridgehead atoms. The minimum Gasteiger partial charge on any atom is -0.483 e. The minimum absolute atomic E-state index is 0.0553. The van der Waals surface area contributed by atoms with E-state index in [4.69, 9.17) is 10.5 Å². The molecule has 0 saturated heterocycles. The first-order valence-corrected chi connectivity index (χ1v) is 6.75. The molecule has 0 spiro atoms. The molecule has 1 heterocycles. The summed E-state index contributed by atoms with van der Waals surface area (Å²) in [6.07, 6.45) is 0. The Balaban J connectivity index is 1.96. The third kappa shape index (κ3) is 4.03. The highest BCUT2D eigenvalue weighted by Gasteiger charge is 2.08. The molecule has 1 aromatic carbocycles. The Bertz CT molecular complexity index is 621. The summed E-state index contributed by atoms with van der Waals surface area (Å²) < 4.78 is 5.59. The van der Waals surface area contributed by atoms with E-state index in [1.165, 1.54) is 0 Å². The van der Waals surface area contributed by atoms with Gasteiger partial charge >= 0.3 is 0 Å². The van der Waals surface area contributed by atoms with Crippen LogP contribution in [0.4, 0.5) is 5.82 Å². The smallest absolute Gasteiger partial charge is 0.263 e. The molecule has 0 unspecified atom stereocenters. The number of amides is 1. The number of para-hydroxylation sites is 1. The van der Waals surface area contributed by atoms with E-state index < -0.39 is 0 Å². The van der Waals surface area contributed by atoms with E-state index in [0.29, 0.717) is 12.4 Å². The summed E-state index contributed by atoms with van der Waals surface area (Å²) in [5.74, 6) is 0.976. The number of nitrogens with one attached hydrogen (secondary N) is 1. The van der Waals surface area contributed by atoms with Gasteiger partial charge in [0.15, 0.2) is 6.61 Å². The van der Waals surface area contributed by atoms with Crippen LogP contribution in [-0.2, 0) is 11.3 Å². The number of carbonyl (C=O) groups excluding carboxylic acids is 1. The fraction of sp³-hybridized carbons (Fsp3) is 0.250. The molecule has 0 atom stereocenters. The van der Waals surface area contributed by atoms with Crippen LogP contribution in [0.5, 0.6) is 5.75 Å². The lowest BCUT2D eigenvalue weighted by atomic mass is 10.1. The van der Waals surface area contributed by atoms with Crippen molar-refractivity contribution in [2.75, 3.05) is 11.9 Å². The molecule has 0 aliphatic heterocycles. The second-order valence-electron chi connectivity index (χ2n) is 4.78. The molecule has 0 aliphatic carbocycles. The number of rotatable bonds is 5. The lowest BCUT2D eigenvalue weighted by Crippen LogP contribution is -2.21. The van der Waals surface area contributed by atoms with Crippen molar-refractivity contribution >= 4 is 11.7 Å². The predicted octanol–water partition coefficient (Wildman–Crippen LogP) is 2.17. The minimum atomic E-state index is -0.251. The normalized spacial score (nSPS) is 10.2. The van der Waals surface area contributed by atoms with E-state index in [2.05, 4.69) is 10.3 Å². The van der Waals surface area contributed by atoms with Crippen LogP contribution >= 0.6 is 0 Å². The zero-order valence-corrected chi connectivity index (χ0v) is 12.2. The van der Waals surface area contributed by atoms with Crippen molar-refractivity contribution in [3.05, 3.63) is 53.2 Å². The van der Waals surface area contributed by atoms with E-state index in [-0.39, 0.29) is 12.5 Å². The largest absolute Gasteiger partial charge is 0.483 e. The molecule has 2 rings (SSSR count). The molecule has 0 saturated carbocycles. The lowest BCUT2D eigenvalue weighted by molar-refractivity contribution is -0.118. The van der Waals surface area contributed by atoms with Crippen LogP contribution in [-0.4, -0.2) is 17.5 Å². The van der Waals surface area contributed by atoms with Crippen molar-refractivity contribution in [1.82, 2.24) is 4.98 Å². The molecular formula is C16H19N3O2. The fourth-order valence-electron chi connectivity index (χ4n) is 2.01. The van der Waals surface area contributed by atoms with Gasteiger partial charge in [-0.15, -0.1) is 0 Å². The van der Waals surface area contributed by atoms with Gasteiger partial charge in [-0.3, -0.25) is 4.79 Å². The monoisotopic (exact) mass is 285 g/mol. The van der Waals surface area contributed by atoms with Crippen LogP contribution in [0.2, 0.25) is 0 Å². The van der Waals surface area contributed by atoms with E-state index in [1.807, 2.05) is 38.1 Å². The fourth-order valence-corrected chi connectivity index (χ4v) is 2.01. The van der Waals surface area contributed by atoms with Crippen molar-refractivity contribution < 1.29 is 9.53 Å². The van der Waals surface area contributed by atoms with E-state index in [0.717, 1.165) is 22.6 Å². The SMILES string of the molecule is Cc1cccc(C)c1OCC(=O)Nc1cccc(CN)n1. The number of aryl methyl sites for hydroxylation is 2. The van der Waals surface area contributed by atoms with Gasteiger partial charge in [-0.25, -0.2) is 4.98 Å². The first-order chi connectivity index (χ1) is 10.1. The molecule has 110 valence electrons. The quantitative estimate of drug-likeness (QED) is 0.882. The van der Waals surface area contributed by atoms with Gasteiger partial charge in [-0.2, -0.15) is 0 Å². The Kier molecular flexibility index (Phi) is 4.90. The first-order valence-electron chi connectivity index (χ1n) is 6.75. The van der Waals surface area contributed by atoms with Crippen molar-refractivity contribution in [1.29, 1.82) is 0 Å². The van der Waals surface area contributed by atoms with Gasteiger partial charge < -0.3 is 15.8 Å². The Morgan fingerprint density at radius 1 is 1.19 bits per heavy atom. The van der Waals surface area contributed by atoms with Crippen LogP contribution in [0.15, 0.2) is 36.4 Å². The average molecular weight is 285 g/mol. The zero-order chi connectivity index (χ0) is 15.2. The van der Waals surface area contributed by atoms with Crippen molar-refractivity contribution in [3.63, 3.8) is 0 Å². The number of nitrogens with two attached hydrogens (primary N) is 1. The number of aromatic nitrogens is 1. The molecule has 5 heteroatoms. The summed E-state index contributed by atoms with van der Waals surface area (Å²) in [6, 6.07) is 11.2. The van der Waals surface area contributed by atoms with Gasteiger partial charge in [0.05, 0.1) is 5.69 Å². The Morgan fingerprint density at radius 2 is 1.86 bits per heavy atom. The highest BCUT2D eigenvalue weighted by Crippen LogP contribution is 2.22. The van der Waals surface area contributed by atoms with Gasteiger partial charge in [0.25, 0.3) is 5.91 Å². The standard InChI is InChI=1S/C16H19N3O2/c1-11-5-3-6-12(2)16(11)21-10-15(20)19-14-8-4-7-13(9-17)18-14/h3-8H,9-10,17H2,1-2H3,(H,18,19,20). The van der Waals surface area contributed by atoms with Gasteiger partial charge in [-0.1, -0.05) is 24.3 Å². The molecule has 2 aromatic rings. The van der Waals surface area contributed by atoms with Gasteiger partial charge in [-0.05, 0) is 37.1 Å². The maximum Gasteiger partial charge on any atom is 0.263 e. The number of benzene rings is 1. The number of hydrogen-bond acceptors (Lipinski definition) is 4. The number of nitrogens with zero attached hydrogens (tertiary/aromatic N) is 1. The van der Waals surface area contributed by atoms with E-state index in [9.17, 15) is 4.79 Å². The summed E-state index contributed by atoms with van der Waals surface area (Å²) in [4.78, 5) is 16.1. The maximum absolute atomic E-state index is 11.9. The van der Waals surface area contributed by atoms with Crippen LogP contribution in [0, 0.1) is 13.8 Å². The first kappa shape index (κ1) is 15.0. The van der Waals surface area contributed by atoms with Crippen molar-refractivity contribution in [2.45, 2.75) is 20.4 Å². The van der Waals surface area contributed by atoms with Gasteiger partial charge in [0, 0.05) is 6.54 Å². The molecule has 21 heavy (non-hydrogen) atoms. The molecule has 0 fully saturated rings. The Hall–Kier alpha value is -2.40. The lowest BCUT2D eigenvalue weighted by Gasteiger charge is -2.12. The van der Waals surface area contributed by atoms with Crippen molar-refractivity contribution in [3.8, 4) is 5.75 Å². The molecular weight excluding hydrogens is 266 g/mol. The zero-order valence-electron chi connectivity index (χ0n) is 12.2. The van der Waals surface area contributed by atoms with Crippen LogP contribution in [0.25, 0.3) is 0 Å². The molecule has 5 nitrogen and oxygen atoms in total. The number of pyridine rings is 1. The number of hydrogen-bond donors (Lipinski definition) is 2. The van der Waals surface area contributed by atoms with Gasteiger partial charge in [0.1, 0.15) is 11.6 Å². The van der Waals surface area contributed by atoms with Crippen LogP contribution in [0.1, 0.15) is 16.8 Å². The predicted molar refractivity (Wildman–Crippen MR) is 82.2 cm³/mol. The van der Waals surface area contributed by atoms with Crippen LogP contribution in [0.3, 0.4) is 0 Å². The second-order valence-corrected chi connectivity index (χ2v) is 4.78. The highest BCUT2D eigenvalue weighted by molar-refractivity contribution is 5.91. The summed E-state index contributed by atoms with van der Waals surface area (Å²) in [6.45, 7) is 4.18. The third-order valence-corrected chi connectivity index (χ3v) is 3.04. The van der Waals surface area contributed by atoms with Crippen molar-refractivity contribution in [2.24, 2.45) is 5.73 Å². The Morgan fingerprint density at radius 3 is 2.52 bits per heavy atom. The summed E-state index contributed by atoms with van der Waals surface area (Å²) in [5.41, 5.74) is 8.25. The van der Waals surface area contributed by atoms with E-state index >= 15 is 0 Å². The third-order valence-electron chi connectivity index (χ3n) is 3.04. The maximum atomic E-state index is 11.9. The number of ether oxygens (including phenoxy) is 1. The second kappa shape index (κ2) is 6.85. The Labute approximate surface area is 124 Å². The van der Waals surface area contributed by atoms with Gasteiger partial charge in [0.2, 0.25) is 0 Å². The molecule has 1 amide bonds. The highest BCUT2D eigenvalue weighted by atomic mass is 16.5. The topological polar surface area (TPSA) is 77.2 Å². The number of carbonyl (C=O) groups is 1.